The Labute approximate surface area is 181 Å². The maximum atomic E-state index is 12.7. The fourth-order valence-corrected chi connectivity index (χ4v) is 3.32. The number of hydrogen-bond donors (Lipinski definition) is 1. The molecule has 0 bridgehead atoms. The molecule has 0 aliphatic heterocycles. The second-order valence-electron chi connectivity index (χ2n) is 7.71. The highest BCUT2D eigenvalue weighted by Gasteiger charge is 2.33. The molecule has 7 heteroatoms. The summed E-state index contributed by atoms with van der Waals surface area (Å²) < 4.78 is 10.4. The molecule has 0 saturated heterocycles. The minimum absolute atomic E-state index is 0.202. The molecule has 0 spiro atoms. The number of nitrogens with one attached hydrogen (secondary N) is 1. The van der Waals surface area contributed by atoms with Gasteiger partial charge in [0.15, 0.2) is 6.61 Å². The van der Waals surface area contributed by atoms with Crippen molar-refractivity contribution in [1.29, 1.82) is 0 Å². The average Bonchev–Trinajstić information content (AvgIpc) is 3.51. The molecule has 160 valence electrons. The number of amides is 1. The Bertz CT molecular complexity index is 1050. The maximum absolute atomic E-state index is 12.7. The van der Waals surface area contributed by atoms with E-state index in [0.29, 0.717) is 12.2 Å². The Hall–Kier alpha value is -3.61. The Balaban J connectivity index is 1.35. The second-order valence-corrected chi connectivity index (χ2v) is 7.71. The molecule has 1 heterocycles. The zero-order valence-electron chi connectivity index (χ0n) is 17.6. The number of rotatable bonds is 8. The Morgan fingerprint density at radius 2 is 1.81 bits per heavy atom. The van der Waals surface area contributed by atoms with Crippen molar-refractivity contribution >= 4 is 11.9 Å². The number of carbonyl (C=O) groups is 2. The lowest BCUT2D eigenvalue weighted by molar-refractivity contribution is -0.135. The molecule has 0 unspecified atom stereocenters. The monoisotopic (exact) mass is 419 g/mol. The number of esters is 1. The van der Waals surface area contributed by atoms with Crippen molar-refractivity contribution in [2.45, 2.75) is 32.4 Å². The van der Waals surface area contributed by atoms with Gasteiger partial charge in [0.25, 0.3) is 5.91 Å². The Morgan fingerprint density at radius 3 is 2.45 bits per heavy atom. The fourth-order valence-electron chi connectivity index (χ4n) is 3.32. The Kier molecular flexibility index (Phi) is 6.02. The molecular weight excluding hydrogens is 394 g/mol. The normalized spacial score (nSPS) is 13.0. The number of H-pyrrole nitrogens is 1. The summed E-state index contributed by atoms with van der Waals surface area (Å²) >= 11 is 0. The van der Waals surface area contributed by atoms with Gasteiger partial charge in [-0.25, -0.2) is 4.79 Å². The lowest BCUT2D eigenvalue weighted by Crippen LogP contribution is -2.36. The number of methoxy groups -OCH3 is 1. The first-order valence-electron chi connectivity index (χ1n) is 10.3. The van der Waals surface area contributed by atoms with E-state index in [4.69, 9.17) is 9.47 Å². The van der Waals surface area contributed by atoms with Crippen LogP contribution in [0.4, 0.5) is 0 Å². The SMILES string of the molecule is COc1ccc(CN(C(=O)COC(=O)c2cc(-c3ccc(C)cc3)n[nH]2)C2CC2)cc1. The smallest absolute Gasteiger partial charge is 0.356 e. The largest absolute Gasteiger partial charge is 0.497 e. The number of carbonyl (C=O) groups excluding carboxylic acids is 2. The third-order valence-electron chi connectivity index (χ3n) is 5.29. The molecule has 1 aliphatic carbocycles. The van der Waals surface area contributed by atoms with E-state index in [2.05, 4.69) is 10.2 Å². The number of nitrogens with zero attached hydrogens (tertiary/aromatic N) is 2. The first-order chi connectivity index (χ1) is 15.0. The van der Waals surface area contributed by atoms with Gasteiger partial charge >= 0.3 is 5.97 Å². The molecule has 1 aromatic heterocycles. The standard InChI is InChI=1S/C24H25N3O4/c1-16-3-7-18(8-4-16)21-13-22(26-25-21)24(29)31-15-23(28)27(19-9-10-19)14-17-5-11-20(30-2)12-6-17/h3-8,11-13,19H,9-10,14-15H2,1-2H3,(H,25,26). The molecule has 3 aromatic rings. The molecule has 1 fully saturated rings. The summed E-state index contributed by atoms with van der Waals surface area (Å²) in [6, 6.07) is 17.3. The van der Waals surface area contributed by atoms with Crippen LogP contribution in [0.5, 0.6) is 5.75 Å². The van der Waals surface area contributed by atoms with Gasteiger partial charge in [0.2, 0.25) is 0 Å². The first kappa shape index (κ1) is 20.7. The van der Waals surface area contributed by atoms with Crippen molar-refractivity contribution in [2.24, 2.45) is 0 Å². The third kappa shape index (κ3) is 5.12. The lowest BCUT2D eigenvalue weighted by atomic mass is 10.1. The molecule has 4 rings (SSSR count). The molecule has 1 aliphatic rings. The fraction of sp³-hybridized carbons (Fsp3) is 0.292. The van der Waals surface area contributed by atoms with Crippen LogP contribution in [-0.4, -0.2) is 46.7 Å². The van der Waals surface area contributed by atoms with Gasteiger partial charge in [-0.3, -0.25) is 9.89 Å². The van der Waals surface area contributed by atoms with Crippen molar-refractivity contribution in [3.8, 4) is 17.0 Å². The summed E-state index contributed by atoms with van der Waals surface area (Å²) in [4.78, 5) is 26.9. The minimum atomic E-state index is -0.598. The highest BCUT2D eigenvalue weighted by molar-refractivity contribution is 5.90. The van der Waals surface area contributed by atoms with E-state index in [9.17, 15) is 9.59 Å². The van der Waals surface area contributed by atoms with Crippen LogP contribution in [0.3, 0.4) is 0 Å². The van der Waals surface area contributed by atoms with Crippen LogP contribution in [0.1, 0.15) is 34.5 Å². The quantitative estimate of drug-likeness (QED) is 0.562. The molecule has 0 atom stereocenters. The van der Waals surface area contributed by atoms with E-state index in [1.54, 1.807) is 18.1 Å². The van der Waals surface area contributed by atoms with Crippen molar-refractivity contribution in [3.63, 3.8) is 0 Å². The van der Waals surface area contributed by atoms with E-state index < -0.39 is 5.97 Å². The zero-order valence-corrected chi connectivity index (χ0v) is 17.6. The number of benzene rings is 2. The average molecular weight is 419 g/mol. The van der Waals surface area contributed by atoms with E-state index in [-0.39, 0.29) is 24.2 Å². The van der Waals surface area contributed by atoms with Gasteiger partial charge in [0, 0.05) is 18.2 Å². The topological polar surface area (TPSA) is 84.5 Å². The molecule has 2 aromatic carbocycles. The van der Waals surface area contributed by atoms with Crippen LogP contribution in [-0.2, 0) is 16.1 Å². The summed E-state index contributed by atoms with van der Waals surface area (Å²) in [6.45, 7) is 2.19. The number of hydrogen-bond acceptors (Lipinski definition) is 5. The van der Waals surface area contributed by atoms with Crippen LogP contribution < -0.4 is 4.74 Å². The lowest BCUT2D eigenvalue weighted by Gasteiger charge is -2.22. The summed E-state index contributed by atoms with van der Waals surface area (Å²) in [5.41, 5.74) is 3.92. The predicted molar refractivity (Wildman–Crippen MR) is 116 cm³/mol. The summed E-state index contributed by atoms with van der Waals surface area (Å²) in [5.74, 6) is -0.0316. The molecule has 1 amide bonds. The minimum Gasteiger partial charge on any atom is -0.497 e. The molecule has 7 nitrogen and oxygen atoms in total. The van der Waals surface area contributed by atoms with Crippen LogP contribution in [0.2, 0.25) is 0 Å². The van der Waals surface area contributed by atoms with Crippen LogP contribution in [0.25, 0.3) is 11.3 Å². The molecule has 1 N–H and O–H groups in total. The zero-order chi connectivity index (χ0) is 21.8. The van der Waals surface area contributed by atoms with Crippen LogP contribution in [0, 0.1) is 6.92 Å². The van der Waals surface area contributed by atoms with E-state index in [1.165, 1.54) is 0 Å². The summed E-state index contributed by atoms with van der Waals surface area (Å²) in [6.07, 6.45) is 1.94. The highest BCUT2D eigenvalue weighted by atomic mass is 16.5. The number of aromatic nitrogens is 2. The van der Waals surface area contributed by atoms with Crippen molar-refractivity contribution < 1.29 is 19.1 Å². The van der Waals surface area contributed by atoms with Gasteiger partial charge < -0.3 is 14.4 Å². The van der Waals surface area contributed by atoms with E-state index in [0.717, 1.165) is 35.3 Å². The van der Waals surface area contributed by atoms with Gasteiger partial charge in [0.1, 0.15) is 11.4 Å². The number of ether oxygens (including phenoxy) is 2. The highest BCUT2D eigenvalue weighted by Crippen LogP contribution is 2.29. The van der Waals surface area contributed by atoms with Gasteiger partial charge in [0.05, 0.1) is 12.8 Å². The number of aromatic amines is 1. The first-order valence-corrected chi connectivity index (χ1v) is 10.3. The molecule has 0 radical (unpaired) electrons. The second kappa shape index (κ2) is 9.04. The van der Waals surface area contributed by atoms with Crippen molar-refractivity contribution in [3.05, 3.63) is 71.4 Å². The van der Waals surface area contributed by atoms with Crippen LogP contribution in [0.15, 0.2) is 54.6 Å². The number of aryl methyl sites for hydroxylation is 1. The molecule has 1 saturated carbocycles. The van der Waals surface area contributed by atoms with Gasteiger partial charge in [-0.05, 0) is 43.5 Å². The molecule has 31 heavy (non-hydrogen) atoms. The van der Waals surface area contributed by atoms with Crippen molar-refractivity contribution in [2.75, 3.05) is 13.7 Å². The third-order valence-corrected chi connectivity index (χ3v) is 5.29. The van der Waals surface area contributed by atoms with Crippen LogP contribution >= 0.6 is 0 Å². The van der Waals surface area contributed by atoms with Gasteiger partial charge in [-0.15, -0.1) is 0 Å². The van der Waals surface area contributed by atoms with Gasteiger partial charge in [-0.1, -0.05) is 42.0 Å². The molecular formula is C24H25N3O4. The Morgan fingerprint density at radius 1 is 1.10 bits per heavy atom. The maximum Gasteiger partial charge on any atom is 0.356 e. The van der Waals surface area contributed by atoms with E-state index >= 15 is 0 Å². The summed E-state index contributed by atoms with van der Waals surface area (Å²) in [5, 5.41) is 6.87. The van der Waals surface area contributed by atoms with Gasteiger partial charge in [-0.2, -0.15) is 5.10 Å². The van der Waals surface area contributed by atoms with Crippen molar-refractivity contribution in [1.82, 2.24) is 15.1 Å². The predicted octanol–water partition coefficient (Wildman–Crippen LogP) is 3.74. The van der Waals surface area contributed by atoms with E-state index in [1.807, 2.05) is 55.5 Å². The summed E-state index contributed by atoms with van der Waals surface area (Å²) in [7, 11) is 1.62.